The highest BCUT2D eigenvalue weighted by Crippen LogP contribution is 2.22. The molecule has 1 unspecified atom stereocenters. The van der Waals surface area contributed by atoms with Gasteiger partial charge in [0, 0.05) is 22.4 Å². The number of rotatable bonds is 5. The first-order valence-corrected chi connectivity index (χ1v) is 8.10. The largest absolute Gasteiger partial charge is 0.481 e. The molecule has 1 atom stereocenters. The van der Waals surface area contributed by atoms with Crippen LogP contribution in [0.3, 0.4) is 0 Å². The molecular weight excluding hydrogens is 360 g/mol. The fourth-order valence-electron chi connectivity index (χ4n) is 2.25. The lowest BCUT2D eigenvalue weighted by Crippen LogP contribution is -2.17. The van der Waals surface area contributed by atoms with Crippen molar-refractivity contribution in [3.05, 3.63) is 52.3 Å². The normalized spacial score (nSPS) is 12.2. The third-order valence-electron chi connectivity index (χ3n) is 3.64. The van der Waals surface area contributed by atoms with Gasteiger partial charge in [0.2, 0.25) is 0 Å². The molecule has 0 spiro atoms. The molecular formula is C17H19BrN2O3. The van der Waals surface area contributed by atoms with Gasteiger partial charge in [0.25, 0.3) is 5.91 Å². The van der Waals surface area contributed by atoms with Crippen molar-refractivity contribution in [2.24, 2.45) is 0 Å². The number of carboxylic acids is 1. The zero-order valence-electron chi connectivity index (χ0n) is 13.2. The molecule has 1 aromatic heterocycles. The first kappa shape index (κ1) is 17.3. The number of nitrogens with one attached hydrogen (secondary N) is 1. The van der Waals surface area contributed by atoms with Gasteiger partial charge >= 0.3 is 5.97 Å². The minimum atomic E-state index is -0.874. The molecule has 0 aliphatic rings. The quantitative estimate of drug-likeness (QED) is 0.815. The van der Waals surface area contributed by atoms with Crippen molar-refractivity contribution in [2.75, 3.05) is 5.32 Å². The molecule has 0 fully saturated rings. The van der Waals surface area contributed by atoms with Crippen molar-refractivity contribution in [2.45, 2.75) is 32.7 Å². The van der Waals surface area contributed by atoms with Gasteiger partial charge in [0.15, 0.2) is 0 Å². The van der Waals surface area contributed by atoms with E-state index in [1.165, 1.54) is 0 Å². The molecule has 122 valence electrons. The van der Waals surface area contributed by atoms with E-state index in [9.17, 15) is 9.59 Å². The molecule has 5 nitrogen and oxygen atoms in total. The summed E-state index contributed by atoms with van der Waals surface area (Å²) < 4.78 is 2.74. The van der Waals surface area contributed by atoms with E-state index in [0.717, 1.165) is 4.47 Å². The summed E-state index contributed by atoms with van der Waals surface area (Å²) in [6.45, 7) is 5.64. The smallest absolute Gasteiger partial charge is 0.310 e. The van der Waals surface area contributed by atoms with Gasteiger partial charge in [-0.2, -0.15) is 0 Å². The van der Waals surface area contributed by atoms with Crippen molar-refractivity contribution in [1.29, 1.82) is 0 Å². The summed E-state index contributed by atoms with van der Waals surface area (Å²) in [5, 5.41) is 11.8. The fourth-order valence-corrected chi connectivity index (χ4v) is 2.69. The van der Waals surface area contributed by atoms with E-state index in [2.05, 4.69) is 21.2 Å². The van der Waals surface area contributed by atoms with Crippen LogP contribution in [0.15, 0.2) is 41.0 Å². The summed E-state index contributed by atoms with van der Waals surface area (Å²) in [7, 11) is 0. The van der Waals surface area contributed by atoms with Crippen LogP contribution < -0.4 is 5.32 Å². The molecule has 1 aromatic carbocycles. The van der Waals surface area contributed by atoms with Crippen LogP contribution in [0.4, 0.5) is 5.69 Å². The van der Waals surface area contributed by atoms with Crippen molar-refractivity contribution >= 4 is 33.5 Å². The summed E-state index contributed by atoms with van der Waals surface area (Å²) >= 11 is 3.39. The van der Waals surface area contributed by atoms with Gasteiger partial charge in [-0.1, -0.05) is 12.1 Å². The van der Waals surface area contributed by atoms with Gasteiger partial charge in [-0.15, -0.1) is 0 Å². The topological polar surface area (TPSA) is 71.3 Å². The standard InChI is InChI=1S/C17H19BrN2O3/c1-10(2)20-9-13(18)8-15(20)16(21)19-14-6-4-12(5-7-14)11(3)17(22)23/h4-11H,1-3H3,(H,19,21)(H,22,23). The molecule has 0 aliphatic heterocycles. The Morgan fingerprint density at radius 2 is 1.78 bits per heavy atom. The van der Waals surface area contributed by atoms with Gasteiger partial charge in [0.05, 0.1) is 5.92 Å². The van der Waals surface area contributed by atoms with Crippen LogP contribution in [0.1, 0.15) is 48.8 Å². The lowest BCUT2D eigenvalue weighted by Gasteiger charge is -2.13. The highest BCUT2D eigenvalue weighted by Gasteiger charge is 2.16. The maximum atomic E-state index is 12.4. The number of carbonyl (C=O) groups excluding carboxylic acids is 1. The van der Waals surface area contributed by atoms with Crippen molar-refractivity contribution in [3.8, 4) is 0 Å². The van der Waals surface area contributed by atoms with Gasteiger partial charge < -0.3 is 15.0 Å². The van der Waals surface area contributed by atoms with E-state index in [1.54, 1.807) is 37.3 Å². The second kappa shape index (κ2) is 7.00. The summed E-state index contributed by atoms with van der Waals surface area (Å²) in [6.07, 6.45) is 1.87. The number of halogens is 1. The highest BCUT2D eigenvalue weighted by atomic mass is 79.9. The van der Waals surface area contributed by atoms with E-state index in [4.69, 9.17) is 5.11 Å². The van der Waals surface area contributed by atoms with Gasteiger partial charge in [-0.25, -0.2) is 0 Å². The summed E-state index contributed by atoms with van der Waals surface area (Å²) in [6, 6.07) is 8.79. The van der Waals surface area contributed by atoms with Crippen molar-refractivity contribution in [3.63, 3.8) is 0 Å². The lowest BCUT2D eigenvalue weighted by molar-refractivity contribution is -0.138. The number of carboxylic acid groups (broad SMARTS) is 1. The Hall–Kier alpha value is -2.08. The van der Waals surface area contributed by atoms with Crippen LogP contribution in [0.2, 0.25) is 0 Å². The van der Waals surface area contributed by atoms with Crippen LogP contribution in [-0.2, 0) is 4.79 Å². The van der Waals surface area contributed by atoms with Crippen molar-refractivity contribution < 1.29 is 14.7 Å². The monoisotopic (exact) mass is 378 g/mol. The SMILES string of the molecule is CC(C(=O)O)c1ccc(NC(=O)c2cc(Br)cn2C(C)C)cc1. The zero-order chi connectivity index (χ0) is 17.1. The Labute approximate surface area is 143 Å². The van der Waals surface area contributed by atoms with E-state index >= 15 is 0 Å². The summed E-state index contributed by atoms with van der Waals surface area (Å²) in [5.41, 5.74) is 1.89. The zero-order valence-corrected chi connectivity index (χ0v) is 14.8. The molecule has 2 N–H and O–H groups in total. The first-order valence-electron chi connectivity index (χ1n) is 7.31. The molecule has 1 heterocycles. The van der Waals surface area contributed by atoms with E-state index in [1.807, 2.05) is 24.6 Å². The minimum Gasteiger partial charge on any atom is -0.481 e. The maximum Gasteiger partial charge on any atom is 0.310 e. The number of aromatic nitrogens is 1. The van der Waals surface area contributed by atoms with E-state index < -0.39 is 11.9 Å². The first-order chi connectivity index (χ1) is 10.8. The van der Waals surface area contributed by atoms with Crippen LogP contribution >= 0.6 is 15.9 Å². The van der Waals surface area contributed by atoms with Gasteiger partial charge in [-0.05, 0) is 60.5 Å². The Morgan fingerprint density at radius 3 is 2.30 bits per heavy atom. The Bertz CT molecular complexity index is 720. The Morgan fingerprint density at radius 1 is 1.17 bits per heavy atom. The number of nitrogens with zero attached hydrogens (tertiary/aromatic N) is 1. The third kappa shape index (κ3) is 4.01. The van der Waals surface area contributed by atoms with Crippen molar-refractivity contribution in [1.82, 2.24) is 4.57 Å². The average Bonchev–Trinajstić information content (AvgIpc) is 2.89. The molecule has 0 bridgehead atoms. The van der Waals surface area contributed by atoms with E-state index in [0.29, 0.717) is 16.9 Å². The Balaban J connectivity index is 2.16. The van der Waals surface area contributed by atoms with Gasteiger partial charge in [-0.3, -0.25) is 9.59 Å². The number of carbonyl (C=O) groups is 2. The Kier molecular flexibility index (Phi) is 5.26. The molecule has 0 saturated carbocycles. The lowest BCUT2D eigenvalue weighted by atomic mass is 10.0. The molecule has 2 rings (SSSR count). The fraction of sp³-hybridized carbons (Fsp3) is 0.294. The molecule has 2 aromatic rings. The van der Waals surface area contributed by atoms with Crippen LogP contribution in [0.25, 0.3) is 0 Å². The molecule has 0 radical (unpaired) electrons. The molecule has 1 amide bonds. The highest BCUT2D eigenvalue weighted by molar-refractivity contribution is 9.10. The van der Waals surface area contributed by atoms with Crippen LogP contribution in [-0.4, -0.2) is 21.6 Å². The van der Waals surface area contributed by atoms with Crippen LogP contribution in [0.5, 0.6) is 0 Å². The number of amides is 1. The van der Waals surface area contributed by atoms with Crippen LogP contribution in [0, 0.1) is 0 Å². The average molecular weight is 379 g/mol. The predicted octanol–water partition coefficient (Wildman–Crippen LogP) is 4.27. The maximum absolute atomic E-state index is 12.4. The number of hydrogen-bond acceptors (Lipinski definition) is 2. The predicted molar refractivity (Wildman–Crippen MR) is 93.0 cm³/mol. The summed E-state index contributed by atoms with van der Waals surface area (Å²) in [5.74, 6) is -1.65. The third-order valence-corrected chi connectivity index (χ3v) is 4.08. The van der Waals surface area contributed by atoms with Gasteiger partial charge in [0.1, 0.15) is 5.69 Å². The number of benzene rings is 1. The second-order valence-corrected chi connectivity index (χ2v) is 6.60. The second-order valence-electron chi connectivity index (χ2n) is 5.68. The molecule has 23 heavy (non-hydrogen) atoms. The summed E-state index contributed by atoms with van der Waals surface area (Å²) in [4.78, 5) is 23.4. The van der Waals surface area contributed by atoms with E-state index in [-0.39, 0.29) is 11.9 Å². The molecule has 0 saturated heterocycles. The number of anilines is 1. The number of aliphatic carboxylic acids is 1. The molecule has 0 aliphatic carbocycles. The molecule has 6 heteroatoms. The number of hydrogen-bond donors (Lipinski definition) is 2. The minimum absolute atomic E-state index is 0.167.